The average Bonchev–Trinajstić information content (AvgIpc) is 2.94. The second-order valence-corrected chi connectivity index (χ2v) is 8.00. The number of benzene rings is 2. The first-order valence-electron chi connectivity index (χ1n) is 8.49. The lowest BCUT2D eigenvalue weighted by Gasteiger charge is -2.09. The van der Waals surface area contributed by atoms with Crippen molar-refractivity contribution in [1.82, 2.24) is 9.99 Å². The Labute approximate surface area is 171 Å². The number of hydrazone groups is 1. The molecule has 1 N–H and O–H groups in total. The fraction of sp³-hybridized carbons (Fsp3) is 0.143. The molecule has 0 fully saturated rings. The van der Waals surface area contributed by atoms with Gasteiger partial charge in [-0.05, 0) is 50.2 Å². The van der Waals surface area contributed by atoms with Crippen LogP contribution in [0, 0.1) is 13.8 Å². The molecule has 1 heterocycles. The first-order valence-corrected chi connectivity index (χ1v) is 10.3. The van der Waals surface area contributed by atoms with Gasteiger partial charge in [0.2, 0.25) is 5.91 Å². The second kappa shape index (κ2) is 9.06. The summed E-state index contributed by atoms with van der Waals surface area (Å²) < 4.78 is 3.20. The number of carbonyl (C=O) groups excluding carboxylic acids is 1. The van der Waals surface area contributed by atoms with Gasteiger partial charge in [-0.25, -0.2) is 5.43 Å². The summed E-state index contributed by atoms with van der Waals surface area (Å²) in [5.74, 6) is 0.208. The van der Waals surface area contributed by atoms with Gasteiger partial charge in [-0.3, -0.25) is 4.79 Å². The van der Waals surface area contributed by atoms with Gasteiger partial charge in [-0.1, -0.05) is 40.2 Å². The third-order valence-corrected chi connectivity index (χ3v) is 5.55. The van der Waals surface area contributed by atoms with Crippen molar-refractivity contribution in [3.8, 4) is 5.69 Å². The van der Waals surface area contributed by atoms with Gasteiger partial charge in [0.15, 0.2) is 0 Å². The van der Waals surface area contributed by atoms with E-state index in [1.165, 1.54) is 11.8 Å². The first kappa shape index (κ1) is 19.5. The predicted octanol–water partition coefficient (Wildman–Crippen LogP) is 5.10. The molecule has 1 aromatic heterocycles. The quantitative estimate of drug-likeness (QED) is 0.328. The van der Waals surface area contributed by atoms with Crippen LogP contribution in [0.15, 0.2) is 75.1 Å². The zero-order valence-corrected chi connectivity index (χ0v) is 17.5. The fourth-order valence-corrected chi connectivity index (χ4v) is 3.90. The van der Waals surface area contributed by atoms with Crippen molar-refractivity contribution in [2.24, 2.45) is 5.10 Å². The molecule has 0 aliphatic carbocycles. The maximum atomic E-state index is 12.0. The summed E-state index contributed by atoms with van der Waals surface area (Å²) in [6, 6.07) is 20.1. The zero-order chi connectivity index (χ0) is 19.2. The molecule has 0 saturated heterocycles. The molecule has 0 radical (unpaired) electrons. The molecule has 3 rings (SSSR count). The Hall–Kier alpha value is -2.31. The molecule has 0 atom stereocenters. The lowest BCUT2D eigenvalue weighted by Crippen LogP contribution is -2.19. The summed E-state index contributed by atoms with van der Waals surface area (Å²) in [7, 11) is 0. The van der Waals surface area contributed by atoms with Crippen LogP contribution in [-0.2, 0) is 4.79 Å². The number of thioether (sulfide) groups is 1. The summed E-state index contributed by atoms with van der Waals surface area (Å²) in [4.78, 5) is 13.0. The van der Waals surface area contributed by atoms with Crippen molar-refractivity contribution in [3.63, 3.8) is 0 Å². The van der Waals surface area contributed by atoms with Crippen LogP contribution in [0.2, 0.25) is 0 Å². The van der Waals surface area contributed by atoms with E-state index >= 15 is 0 Å². The number of hydrogen-bond donors (Lipinski definition) is 1. The Morgan fingerprint density at radius 1 is 1.15 bits per heavy atom. The van der Waals surface area contributed by atoms with E-state index in [0.717, 1.165) is 32.0 Å². The predicted molar refractivity (Wildman–Crippen MR) is 116 cm³/mol. The molecule has 3 aromatic rings. The molecule has 6 heteroatoms. The number of aromatic nitrogens is 1. The van der Waals surface area contributed by atoms with E-state index in [9.17, 15) is 4.79 Å². The van der Waals surface area contributed by atoms with Crippen molar-refractivity contribution in [1.29, 1.82) is 0 Å². The maximum absolute atomic E-state index is 12.0. The number of carbonyl (C=O) groups is 1. The summed E-state index contributed by atoms with van der Waals surface area (Å²) in [6.45, 7) is 4.10. The number of halogens is 1. The van der Waals surface area contributed by atoms with E-state index in [4.69, 9.17) is 0 Å². The lowest BCUT2D eigenvalue weighted by molar-refractivity contribution is -0.118. The number of aryl methyl sites for hydroxylation is 1. The van der Waals surface area contributed by atoms with Crippen molar-refractivity contribution >= 4 is 39.8 Å². The fourth-order valence-electron chi connectivity index (χ4n) is 2.80. The lowest BCUT2D eigenvalue weighted by atomic mass is 10.2. The van der Waals surface area contributed by atoms with Crippen LogP contribution in [0.4, 0.5) is 0 Å². The highest BCUT2D eigenvalue weighted by Gasteiger charge is 2.10. The van der Waals surface area contributed by atoms with Gasteiger partial charge in [0.1, 0.15) is 0 Å². The average molecular weight is 442 g/mol. The van der Waals surface area contributed by atoms with Crippen molar-refractivity contribution in [3.05, 3.63) is 82.1 Å². The normalized spacial score (nSPS) is 11.1. The molecule has 2 aromatic carbocycles. The van der Waals surface area contributed by atoms with Crippen molar-refractivity contribution < 1.29 is 4.79 Å². The van der Waals surface area contributed by atoms with E-state index in [2.05, 4.69) is 56.1 Å². The largest absolute Gasteiger partial charge is 0.318 e. The monoisotopic (exact) mass is 441 g/mol. The molecule has 0 saturated carbocycles. The number of amides is 1. The molecule has 138 valence electrons. The highest BCUT2D eigenvalue weighted by molar-refractivity contribution is 9.10. The van der Waals surface area contributed by atoms with Gasteiger partial charge >= 0.3 is 0 Å². The third-order valence-electron chi connectivity index (χ3n) is 4.04. The van der Waals surface area contributed by atoms with Crippen molar-refractivity contribution in [2.45, 2.75) is 18.7 Å². The Balaban J connectivity index is 1.64. The van der Waals surface area contributed by atoms with E-state index < -0.39 is 0 Å². The molecule has 0 spiro atoms. The van der Waals surface area contributed by atoms with Crippen LogP contribution < -0.4 is 5.43 Å². The van der Waals surface area contributed by atoms with E-state index in [-0.39, 0.29) is 5.91 Å². The molecule has 0 aliphatic heterocycles. The minimum absolute atomic E-state index is 0.124. The Morgan fingerprint density at radius 2 is 1.93 bits per heavy atom. The van der Waals surface area contributed by atoms with Gasteiger partial charge < -0.3 is 4.57 Å². The third kappa shape index (κ3) is 5.11. The number of hydrogen-bond acceptors (Lipinski definition) is 3. The minimum Gasteiger partial charge on any atom is -0.318 e. The van der Waals surface area contributed by atoms with Crippen LogP contribution in [0.3, 0.4) is 0 Å². The zero-order valence-electron chi connectivity index (χ0n) is 15.1. The second-order valence-electron chi connectivity index (χ2n) is 6.04. The Morgan fingerprint density at radius 3 is 2.67 bits per heavy atom. The summed E-state index contributed by atoms with van der Waals surface area (Å²) in [6.07, 6.45) is 1.70. The number of rotatable bonds is 6. The van der Waals surface area contributed by atoms with E-state index in [1.54, 1.807) is 6.21 Å². The Bertz CT molecular complexity index is 967. The number of nitrogens with zero attached hydrogens (tertiary/aromatic N) is 2. The molecule has 0 bridgehead atoms. The van der Waals surface area contributed by atoms with Gasteiger partial charge in [-0.15, -0.1) is 11.8 Å². The molecular weight excluding hydrogens is 422 g/mol. The molecule has 0 unspecified atom stereocenters. The van der Waals surface area contributed by atoms with E-state index in [1.807, 2.05) is 49.4 Å². The molecule has 27 heavy (non-hydrogen) atoms. The van der Waals surface area contributed by atoms with Crippen LogP contribution in [0.5, 0.6) is 0 Å². The SMILES string of the molecule is Cc1cc(/C=N\NC(=O)CSc2ccccc2)c(C)n1-c1cccc(Br)c1. The van der Waals surface area contributed by atoms with Crippen LogP contribution in [0.1, 0.15) is 17.0 Å². The van der Waals surface area contributed by atoms with Crippen LogP contribution >= 0.6 is 27.7 Å². The van der Waals surface area contributed by atoms with Crippen molar-refractivity contribution in [2.75, 3.05) is 5.75 Å². The Kier molecular flexibility index (Phi) is 6.53. The molecule has 4 nitrogen and oxygen atoms in total. The summed E-state index contributed by atoms with van der Waals surface area (Å²) in [5.41, 5.74) is 6.84. The maximum Gasteiger partial charge on any atom is 0.250 e. The van der Waals surface area contributed by atoms with Gasteiger partial charge in [0.05, 0.1) is 12.0 Å². The van der Waals surface area contributed by atoms with E-state index in [0.29, 0.717) is 5.75 Å². The summed E-state index contributed by atoms with van der Waals surface area (Å²) in [5, 5.41) is 4.12. The minimum atomic E-state index is -0.124. The van der Waals surface area contributed by atoms with Gasteiger partial charge in [0.25, 0.3) is 0 Å². The highest BCUT2D eigenvalue weighted by Crippen LogP contribution is 2.22. The van der Waals surface area contributed by atoms with Gasteiger partial charge in [-0.2, -0.15) is 5.10 Å². The number of nitrogens with one attached hydrogen (secondary N) is 1. The van der Waals surface area contributed by atoms with Crippen LogP contribution in [0.25, 0.3) is 5.69 Å². The first-order chi connectivity index (χ1) is 13.0. The topological polar surface area (TPSA) is 46.4 Å². The smallest absolute Gasteiger partial charge is 0.250 e. The standard InChI is InChI=1S/C21H20BrN3OS/c1-15-11-17(16(2)25(15)19-8-6-7-18(22)12-19)13-23-24-21(26)14-27-20-9-4-3-5-10-20/h3-13H,14H2,1-2H3,(H,24,26)/b23-13-. The molecule has 1 amide bonds. The summed E-state index contributed by atoms with van der Waals surface area (Å²) >= 11 is 5.00. The molecular formula is C21H20BrN3OS. The molecule has 0 aliphatic rings. The van der Waals surface area contributed by atoms with Crippen LogP contribution in [-0.4, -0.2) is 22.4 Å². The van der Waals surface area contributed by atoms with Gasteiger partial charge in [0, 0.05) is 32.0 Å². The highest BCUT2D eigenvalue weighted by atomic mass is 79.9.